The SMILES string of the molecule is CS/C(C=O)=C\c1cccs1. The van der Waals surface area contributed by atoms with Crippen LogP contribution < -0.4 is 0 Å². The number of carbonyl (C=O) groups excluding carboxylic acids is 1. The summed E-state index contributed by atoms with van der Waals surface area (Å²) in [7, 11) is 0. The minimum atomic E-state index is 0.771. The van der Waals surface area contributed by atoms with Crippen LogP contribution >= 0.6 is 23.1 Å². The van der Waals surface area contributed by atoms with Gasteiger partial charge in [0.2, 0.25) is 0 Å². The Bertz CT molecular complexity index is 249. The van der Waals surface area contributed by atoms with Gasteiger partial charge in [-0.1, -0.05) is 6.07 Å². The number of thiophene rings is 1. The van der Waals surface area contributed by atoms with Crippen molar-refractivity contribution in [3.8, 4) is 0 Å². The van der Waals surface area contributed by atoms with Crippen molar-refractivity contribution in [2.24, 2.45) is 0 Å². The largest absolute Gasteiger partial charge is 0.297 e. The third kappa shape index (κ3) is 2.52. The average Bonchev–Trinajstić information content (AvgIpc) is 2.52. The predicted octanol–water partition coefficient (Wildman–Crippen LogP) is 2.65. The Hall–Kier alpha value is -0.540. The number of hydrogen-bond donors (Lipinski definition) is 0. The molecule has 0 aliphatic rings. The lowest BCUT2D eigenvalue weighted by molar-refractivity contribution is -0.104. The molecule has 0 radical (unpaired) electrons. The molecule has 0 unspecified atom stereocenters. The fourth-order valence-corrected chi connectivity index (χ4v) is 1.74. The summed E-state index contributed by atoms with van der Waals surface area (Å²) < 4.78 is 0. The summed E-state index contributed by atoms with van der Waals surface area (Å²) in [6, 6.07) is 3.96. The number of hydrogen-bond acceptors (Lipinski definition) is 3. The molecule has 0 bridgehead atoms. The average molecular weight is 184 g/mol. The number of rotatable bonds is 3. The van der Waals surface area contributed by atoms with E-state index in [1.54, 1.807) is 11.3 Å². The Labute approximate surface area is 74.1 Å². The van der Waals surface area contributed by atoms with Crippen molar-refractivity contribution in [1.82, 2.24) is 0 Å². The second kappa shape index (κ2) is 4.36. The molecule has 0 aliphatic heterocycles. The zero-order valence-corrected chi connectivity index (χ0v) is 7.74. The van der Waals surface area contributed by atoms with E-state index in [-0.39, 0.29) is 0 Å². The molecule has 0 N–H and O–H groups in total. The summed E-state index contributed by atoms with van der Waals surface area (Å²) in [4.78, 5) is 12.3. The predicted molar refractivity (Wildman–Crippen MR) is 51.9 cm³/mol. The zero-order valence-electron chi connectivity index (χ0n) is 6.11. The van der Waals surface area contributed by atoms with Crippen molar-refractivity contribution in [2.75, 3.05) is 6.26 Å². The normalized spacial score (nSPS) is 11.5. The highest BCUT2D eigenvalue weighted by molar-refractivity contribution is 8.03. The monoisotopic (exact) mass is 184 g/mol. The van der Waals surface area contributed by atoms with E-state index < -0.39 is 0 Å². The molecule has 0 fully saturated rings. The van der Waals surface area contributed by atoms with Gasteiger partial charge >= 0.3 is 0 Å². The fourth-order valence-electron chi connectivity index (χ4n) is 0.655. The van der Waals surface area contributed by atoms with E-state index in [2.05, 4.69) is 0 Å². The van der Waals surface area contributed by atoms with Crippen molar-refractivity contribution >= 4 is 35.5 Å². The molecule has 1 aromatic rings. The van der Waals surface area contributed by atoms with Crippen LogP contribution in [0.25, 0.3) is 6.08 Å². The van der Waals surface area contributed by atoms with Crippen molar-refractivity contribution < 1.29 is 4.79 Å². The van der Waals surface area contributed by atoms with Crippen molar-refractivity contribution in [3.05, 3.63) is 27.3 Å². The maximum absolute atomic E-state index is 10.4. The highest BCUT2D eigenvalue weighted by Gasteiger charge is 1.92. The van der Waals surface area contributed by atoms with Gasteiger partial charge in [-0.3, -0.25) is 4.79 Å². The molecule has 3 heteroatoms. The molecule has 1 rings (SSSR count). The van der Waals surface area contributed by atoms with Crippen molar-refractivity contribution in [2.45, 2.75) is 0 Å². The van der Waals surface area contributed by atoms with Gasteiger partial charge in [0.25, 0.3) is 0 Å². The van der Waals surface area contributed by atoms with Gasteiger partial charge < -0.3 is 0 Å². The summed E-state index contributed by atoms with van der Waals surface area (Å²) in [5.41, 5.74) is 0. The van der Waals surface area contributed by atoms with Crippen molar-refractivity contribution in [1.29, 1.82) is 0 Å². The van der Waals surface area contributed by atoms with Crippen LogP contribution in [0.1, 0.15) is 4.88 Å². The number of allylic oxidation sites excluding steroid dienone is 1. The lowest BCUT2D eigenvalue weighted by Gasteiger charge is -1.89. The Balaban J connectivity index is 2.79. The summed E-state index contributed by atoms with van der Waals surface area (Å²) in [6.07, 6.45) is 4.67. The Morgan fingerprint density at radius 2 is 2.55 bits per heavy atom. The van der Waals surface area contributed by atoms with Crippen molar-refractivity contribution in [3.63, 3.8) is 0 Å². The quantitative estimate of drug-likeness (QED) is 0.530. The molecule has 0 amide bonds. The summed E-state index contributed by atoms with van der Waals surface area (Å²) in [5, 5.41) is 1.99. The summed E-state index contributed by atoms with van der Waals surface area (Å²) in [6.45, 7) is 0. The Morgan fingerprint density at radius 3 is 3.00 bits per heavy atom. The minimum Gasteiger partial charge on any atom is -0.297 e. The molecule has 58 valence electrons. The first-order valence-electron chi connectivity index (χ1n) is 3.11. The number of carbonyl (C=O) groups is 1. The van der Waals surface area contributed by atoms with Crippen LogP contribution in [0.5, 0.6) is 0 Å². The second-order valence-electron chi connectivity index (χ2n) is 1.88. The molecule has 1 nitrogen and oxygen atoms in total. The van der Waals surface area contributed by atoms with Crippen LogP contribution in [-0.2, 0) is 4.79 Å². The van der Waals surface area contributed by atoms with Crippen LogP contribution in [0.15, 0.2) is 22.4 Å². The smallest absolute Gasteiger partial charge is 0.156 e. The van der Waals surface area contributed by atoms with E-state index in [9.17, 15) is 4.79 Å². The molecule has 0 aromatic carbocycles. The van der Waals surface area contributed by atoms with E-state index in [0.717, 1.165) is 16.1 Å². The molecule has 0 aliphatic carbocycles. The van der Waals surface area contributed by atoms with Crippen LogP contribution in [0.4, 0.5) is 0 Å². The van der Waals surface area contributed by atoms with E-state index in [0.29, 0.717) is 0 Å². The Morgan fingerprint density at radius 1 is 1.73 bits per heavy atom. The molecule has 0 saturated heterocycles. The topological polar surface area (TPSA) is 17.1 Å². The molecule has 0 spiro atoms. The highest BCUT2D eigenvalue weighted by Crippen LogP contribution is 2.17. The van der Waals surface area contributed by atoms with Crippen LogP contribution in [-0.4, -0.2) is 12.5 Å². The number of aldehydes is 1. The molecule has 1 aromatic heterocycles. The standard InChI is InChI=1S/C8H8OS2/c1-10-8(6-9)5-7-3-2-4-11-7/h2-6H,1H3/b8-5-. The van der Waals surface area contributed by atoms with Crippen LogP contribution in [0.2, 0.25) is 0 Å². The molecule has 0 saturated carbocycles. The van der Waals surface area contributed by atoms with Gasteiger partial charge in [0.05, 0.1) is 0 Å². The second-order valence-corrected chi connectivity index (χ2v) is 3.74. The van der Waals surface area contributed by atoms with E-state index in [4.69, 9.17) is 0 Å². The van der Waals surface area contributed by atoms with E-state index in [1.165, 1.54) is 11.8 Å². The minimum absolute atomic E-state index is 0.771. The third-order valence-electron chi connectivity index (χ3n) is 1.18. The lowest BCUT2D eigenvalue weighted by Crippen LogP contribution is -1.74. The van der Waals surface area contributed by atoms with Gasteiger partial charge in [0.1, 0.15) is 0 Å². The van der Waals surface area contributed by atoms with Gasteiger partial charge in [-0.25, -0.2) is 0 Å². The first-order valence-corrected chi connectivity index (χ1v) is 5.21. The fraction of sp³-hybridized carbons (Fsp3) is 0.125. The van der Waals surface area contributed by atoms with E-state index in [1.807, 2.05) is 29.8 Å². The maximum Gasteiger partial charge on any atom is 0.156 e. The van der Waals surface area contributed by atoms with E-state index >= 15 is 0 Å². The summed E-state index contributed by atoms with van der Waals surface area (Å²) >= 11 is 3.10. The van der Waals surface area contributed by atoms with Gasteiger partial charge in [-0.2, -0.15) is 0 Å². The summed E-state index contributed by atoms with van der Waals surface area (Å²) in [5.74, 6) is 0. The molecular formula is C8H8OS2. The first-order chi connectivity index (χ1) is 5.36. The number of thioether (sulfide) groups is 1. The molecule has 1 heterocycles. The first kappa shape index (κ1) is 8.56. The van der Waals surface area contributed by atoms with Crippen LogP contribution in [0.3, 0.4) is 0 Å². The van der Waals surface area contributed by atoms with Crippen LogP contribution in [0, 0.1) is 0 Å². The van der Waals surface area contributed by atoms with Gasteiger partial charge in [-0.05, 0) is 23.8 Å². The highest BCUT2D eigenvalue weighted by atomic mass is 32.2. The molecule has 11 heavy (non-hydrogen) atoms. The van der Waals surface area contributed by atoms with Gasteiger partial charge in [0.15, 0.2) is 6.29 Å². The lowest BCUT2D eigenvalue weighted by atomic mass is 10.4. The third-order valence-corrected chi connectivity index (χ3v) is 2.68. The maximum atomic E-state index is 10.4. The zero-order chi connectivity index (χ0) is 8.10. The Kier molecular flexibility index (Phi) is 3.39. The van der Waals surface area contributed by atoms with Gasteiger partial charge in [-0.15, -0.1) is 23.1 Å². The molecule has 0 atom stereocenters. The molecular weight excluding hydrogens is 176 g/mol. The van der Waals surface area contributed by atoms with Gasteiger partial charge in [0, 0.05) is 9.78 Å².